The number of nitrogens with one attached hydrogen (secondary N) is 1. The summed E-state index contributed by atoms with van der Waals surface area (Å²) < 4.78 is 39.6. The van der Waals surface area contributed by atoms with Gasteiger partial charge in [0.25, 0.3) is 0 Å². The van der Waals surface area contributed by atoms with Crippen molar-refractivity contribution in [2.24, 2.45) is 0 Å². The monoisotopic (exact) mass is 419 g/mol. The lowest BCUT2D eigenvalue weighted by Gasteiger charge is -2.32. The van der Waals surface area contributed by atoms with E-state index < -0.39 is 17.7 Å². The van der Waals surface area contributed by atoms with Crippen molar-refractivity contribution in [2.45, 2.75) is 25.4 Å². The van der Waals surface area contributed by atoms with E-state index in [4.69, 9.17) is 12.2 Å². The second-order valence-corrected chi connectivity index (χ2v) is 6.89. The maximum absolute atomic E-state index is 13.2. The Morgan fingerprint density at radius 1 is 1.28 bits per heavy atom. The highest BCUT2D eigenvalue weighted by Gasteiger charge is 2.35. The van der Waals surface area contributed by atoms with Crippen LogP contribution in [0.3, 0.4) is 0 Å². The third-order valence-corrected chi connectivity index (χ3v) is 5.09. The Bertz CT molecular complexity index is 929. The Kier molecular flexibility index (Phi) is 6.32. The number of rotatable bonds is 6. The fourth-order valence-corrected chi connectivity index (χ4v) is 3.60. The molecule has 0 spiro atoms. The van der Waals surface area contributed by atoms with Gasteiger partial charge >= 0.3 is 6.18 Å². The van der Waals surface area contributed by atoms with Crippen LogP contribution in [0.4, 0.5) is 18.9 Å². The van der Waals surface area contributed by atoms with Crippen LogP contribution in [0, 0.1) is 0 Å². The zero-order valence-corrected chi connectivity index (χ0v) is 16.6. The van der Waals surface area contributed by atoms with Gasteiger partial charge in [0.1, 0.15) is 0 Å². The number of nitrogens with zero attached hydrogens (tertiary/aromatic N) is 2. The van der Waals surface area contributed by atoms with Crippen LogP contribution in [0.25, 0.3) is 0 Å². The first-order valence-electron chi connectivity index (χ1n) is 9.17. The molecule has 0 saturated heterocycles. The summed E-state index contributed by atoms with van der Waals surface area (Å²) in [5, 5.41) is 4.19. The number of anilines is 1. The number of pyridine rings is 1. The number of halogens is 3. The van der Waals surface area contributed by atoms with Crippen molar-refractivity contribution in [1.29, 1.82) is 0 Å². The minimum Gasteiger partial charge on any atom is -0.352 e. The van der Waals surface area contributed by atoms with Gasteiger partial charge in [-0.1, -0.05) is 12.2 Å². The van der Waals surface area contributed by atoms with Crippen molar-refractivity contribution in [2.75, 3.05) is 18.0 Å². The SMILES string of the molecule is CCN1C=C(C(=O)NCCc2ccncc2)C(C=S)c2cc(C(F)(F)F)ccc21. The average molecular weight is 419 g/mol. The largest absolute Gasteiger partial charge is 0.416 e. The van der Waals surface area contributed by atoms with E-state index in [9.17, 15) is 18.0 Å². The van der Waals surface area contributed by atoms with Gasteiger partial charge in [-0.2, -0.15) is 13.2 Å². The van der Waals surface area contributed by atoms with Gasteiger partial charge in [0.05, 0.1) is 5.56 Å². The number of hydrogen-bond acceptors (Lipinski definition) is 4. The topological polar surface area (TPSA) is 45.2 Å². The predicted molar refractivity (Wildman–Crippen MR) is 110 cm³/mol. The third-order valence-electron chi connectivity index (χ3n) is 4.82. The molecule has 3 rings (SSSR count). The number of amides is 1. The normalized spacial score (nSPS) is 16.1. The smallest absolute Gasteiger partial charge is 0.352 e. The van der Waals surface area contributed by atoms with Crippen molar-refractivity contribution in [1.82, 2.24) is 10.3 Å². The second kappa shape index (κ2) is 8.73. The molecular formula is C21H20F3N3OS. The molecule has 0 fully saturated rings. The minimum absolute atomic E-state index is 0.336. The Hall–Kier alpha value is -2.74. The fourth-order valence-electron chi connectivity index (χ4n) is 3.31. The van der Waals surface area contributed by atoms with E-state index in [2.05, 4.69) is 10.3 Å². The van der Waals surface area contributed by atoms with Crippen LogP contribution >= 0.6 is 12.2 Å². The highest BCUT2D eigenvalue weighted by Crippen LogP contribution is 2.40. The molecule has 1 aromatic heterocycles. The Labute approximate surface area is 172 Å². The van der Waals surface area contributed by atoms with E-state index in [1.54, 1.807) is 23.5 Å². The van der Waals surface area contributed by atoms with Crippen LogP contribution in [0.5, 0.6) is 0 Å². The van der Waals surface area contributed by atoms with E-state index >= 15 is 0 Å². The van der Waals surface area contributed by atoms with Crippen LogP contribution < -0.4 is 10.2 Å². The maximum atomic E-state index is 13.2. The Morgan fingerprint density at radius 3 is 2.62 bits per heavy atom. The molecule has 1 aliphatic heterocycles. The first-order valence-corrected chi connectivity index (χ1v) is 9.64. The summed E-state index contributed by atoms with van der Waals surface area (Å²) in [5.74, 6) is -1.03. The van der Waals surface area contributed by atoms with Crippen molar-refractivity contribution in [3.05, 3.63) is 71.2 Å². The van der Waals surface area contributed by atoms with Crippen molar-refractivity contribution < 1.29 is 18.0 Å². The lowest BCUT2D eigenvalue weighted by Crippen LogP contribution is -2.34. The standard InChI is InChI=1S/C21H20F3N3OS/c1-2-27-12-17(20(28)26-10-7-14-5-8-25-9-6-14)18(13-29)16-11-15(21(22,23)24)3-4-19(16)27/h3-6,8-9,11-13,18H,2,7,10H2,1H3,(H,26,28). The number of fused-ring (bicyclic) bond motifs is 1. The number of thiocarbonyl (C=S) groups is 1. The van der Waals surface area contributed by atoms with Crippen LogP contribution in [0.2, 0.25) is 0 Å². The number of aromatic nitrogens is 1. The van der Waals surface area contributed by atoms with Crippen molar-refractivity contribution >= 4 is 29.2 Å². The van der Waals surface area contributed by atoms with Gasteiger partial charge in [-0.05, 0) is 60.2 Å². The molecule has 1 N–H and O–H groups in total. The van der Waals surface area contributed by atoms with Crippen molar-refractivity contribution in [3.63, 3.8) is 0 Å². The first-order chi connectivity index (χ1) is 13.8. The molecule has 0 bridgehead atoms. The molecule has 1 unspecified atom stereocenters. The molecule has 0 radical (unpaired) electrons. The third kappa shape index (κ3) is 4.64. The van der Waals surface area contributed by atoms with Crippen LogP contribution in [-0.2, 0) is 17.4 Å². The summed E-state index contributed by atoms with van der Waals surface area (Å²) in [5.41, 5.74) is 1.62. The van der Waals surface area contributed by atoms with Gasteiger partial charge in [-0.3, -0.25) is 9.78 Å². The molecule has 1 aliphatic rings. The van der Waals surface area contributed by atoms with Crippen LogP contribution in [-0.4, -0.2) is 29.3 Å². The van der Waals surface area contributed by atoms with Gasteiger partial charge in [0, 0.05) is 48.9 Å². The van der Waals surface area contributed by atoms with Gasteiger partial charge in [-0.25, -0.2) is 0 Å². The van der Waals surface area contributed by atoms with Gasteiger partial charge in [0.2, 0.25) is 5.91 Å². The van der Waals surface area contributed by atoms with Crippen molar-refractivity contribution in [3.8, 4) is 0 Å². The van der Waals surface area contributed by atoms with E-state index in [0.717, 1.165) is 17.7 Å². The number of carbonyl (C=O) groups is 1. The number of benzene rings is 1. The molecular weight excluding hydrogens is 399 g/mol. The fraction of sp³-hybridized carbons (Fsp3) is 0.286. The zero-order valence-electron chi connectivity index (χ0n) is 15.7. The molecule has 1 aromatic carbocycles. The van der Waals surface area contributed by atoms with Gasteiger partial charge in [0.15, 0.2) is 0 Å². The predicted octanol–water partition coefficient (Wildman–Crippen LogP) is 4.27. The van der Waals surface area contributed by atoms with Crippen LogP contribution in [0.1, 0.15) is 29.5 Å². The molecule has 2 aromatic rings. The average Bonchev–Trinajstić information content (AvgIpc) is 2.72. The highest BCUT2D eigenvalue weighted by molar-refractivity contribution is 7.79. The molecule has 152 valence electrons. The quantitative estimate of drug-likeness (QED) is 0.711. The lowest BCUT2D eigenvalue weighted by molar-refractivity contribution is -0.137. The van der Waals surface area contributed by atoms with E-state index in [1.165, 1.54) is 11.4 Å². The van der Waals surface area contributed by atoms with E-state index in [-0.39, 0.29) is 5.91 Å². The number of hydrogen-bond donors (Lipinski definition) is 1. The summed E-state index contributed by atoms with van der Waals surface area (Å²) in [6.45, 7) is 2.77. The molecule has 2 heterocycles. The molecule has 4 nitrogen and oxygen atoms in total. The molecule has 1 amide bonds. The minimum atomic E-state index is -4.47. The summed E-state index contributed by atoms with van der Waals surface area (Å²) in [7, 11) is 0. The highest BCUT2D eigenvalue weighted by atomic mass is 32.1. The van der Waals surface area contributed by atoms with E-state index in [0.29, 0.717) is 36.3 Å². The van der Waals surface area contributed by atoms with Crippen LogP contribution in [0.15, 0.2) is 54.5 Å². The summed E-state index contributed by atoms with van der Waals surface area (Å²) in [4.78, 5) is 18.5. The Balaban J connectivity index is 1.84. The number of carbonyl (C=O) groups excluding carboxylic acids is 1. The van der Waals surface area contributed by atoms with E-state index in [1.807, 2.05) is 19.1 Å². The molecule has 0 saturated carbocycles. The molecule has 1 atom stereocenters. The second-order valence-electron chi connectivity index (χ2n) is 6.62. The number of alkyl halides is 3. The Morgan fingerprint density at radius 2 is 2.00 bits per heavy atom. The first kappa shape index (κ1) is 21.0. The summed E-state index contributed by atoms with van der Waals surface area (Å²) in [6.07, 6.45) is 1.18. The zero-order chi connectivity index (χ0) is 21.0. The molecule has 8 heteroatoms. The summed E-state index contributed by atoms with van der Waals surface area (Å²) in [6, 6.07) is 7.29. The van der Waals surface area contributed by atoms with Gasteiger partial charge < -0.3 is 10.2 Å². The molecule has 0 aliphatic carbocycles. The van der Waals surface area contributed by atoms with Gasteiger partial charge in [-0.15, -0.1) is 0 Å². The lowest BCUT2D eigenvalue weighted by atomic mass is 9.87. The molecule has 29 heavy (non-hydrogen) atoms. The summed E-state index contributed by atoms with van der Waals surface area (Å²) >= 11 is 5.09. The maximum Gasteiger partial charge on any atom is 0.416 e.